The summed E-state index contributed by atoms with van der Waals surface area (Å²) in [5.41, 5.74) is -0.728. The summed E-state index contributed by atoms with van der Waals surface area (Å²) in [5, 5.41) is 0. The first-order valence-electron chi connectivity index (χ1n) is 25.9. The van der Waals surface area contributed by atoms with Gasteiger partial charge in [-0.15, -0.1) is 0 Å². The van der Waals surface area contributed by atoms with Crippen LogP contribution in [0.5, 0.6) is 0 Å². The Morgan fingerprint density at radius 3 is 1.39 bits per heavy atom. The Morgan fingerprint density at radius 1 is 0.508 bits per heavy atom. The third-order valence-corrected chi connectivity index (χ3v) is 13.5. The van der Waals surface area contributed by atoms with E-state index in [0.717, 1.165) is 96.7 Å². The van der Waals surface area contributed by atoms with Crippen molar-refractivity contribution in [1.82, 2.24) is 4.90 Å². The fraction of sp³-hybridized carbons (Fsp3) is 0.942. The van der Waals surface area contributed by atoms with Gasteiger partial charge in [0.2, 0.25) is 0 Å². The molecule has 9 heteroatoms. The molecular weight excluding hydrogens is 767 g/mol. The predicted octanol–water partition coefficient (Wildman–Crippen LogP) is 13.3. The predicted molar refractivity (Wildman–Crippen MR) is 249 cm³/mol. The van der Waals surface area contributed by atoms with E-state index in [4.69, 9.17) is 23.7 Å². The summed E-state index contributed by atoms with van der Waals surface area (Å²) in [7, 11) is 0. The molecule has 0 aliphatic heterocycles. The smallest absolute Gasteiger partial charge is 0.305 e. The van der Waals surface area contributed by atoms with Crippen LogP contribution in [-0.2, 0) is 38.1 Å². The molecule has 9 nitrogen and oxygen atoms in total. The van der Waals surface area contributed by atoms with Gasteiger partial charge in [-0.25, -0.2) is 0 Å². The van der Waals surface area contributed by atoms with Crippen molar-refractivity contribution in [2.45, 2.75) is 241 Å². The Balaban J connectivity index is 2.05. The summed E-state index contributed by atoms with van der Waals surface area (Å²) in [6, 6.07) is 0. The van der Waals surface area contributed by atoms with E-state index < -0.39 is 6.29 Å². The number of carbonyl (C=O) groups excluding carboxylic acids is 3. The lowest BCUT2D eigenvalue weighted by Gasteiger charge is -2.57. The van der Waals surface area contributed by atoms with Gasteiger partial charge in [0.1, 0.15) is 0 Å². The van der Waals surface area contributed by atoms with Crippen LogP contribution in [0.25, 0.3) is 0 Å². The van der Waals surface area contributed by atoms with Crippen molar-refractivity contribution in [3.8, 4) is 0 Å². The highest BCUT2D eigenvalue weighted by atomic mass is 16.7. The first-order valence-corrected chi connectivity index (χ1v) is 25.9. The van der Waals surface area contributed by atoms with Crippen LogP contribution in [0.2, 0.25) is 0 Å². The minimum Gasteiger partial charge on any atom is -0.465 e. The number of fused-ring (bicyclic) bond motifs is 2. The summed E-state index contributed by atoms with van der Waals surface area (Å²) in [6.45, 7) is 20.7. The molecule has 0 amide bonds. The lowest BCUT2D eigenvalue weighted by molar-refractivity contribution is -0.172. The molecule has 0 radical (unpaired) electrons. The van der Waals surface area contributed by atoms with Gasteiger partial charge in [-0.1, -0.05) is 151 Å². The second-order valence-corrected chi connectivity index (χ2v) is 20.2. The lowest BCUT2D eigenvalue weighted by Crippen LogP contribution is -2.52. The van der Waals surface area contributed by atoms with Crippen molar-refractivity contribution >= 4 is 17.9 Å². The molecule has 0 aromatic carbocycles. The van der Waals surface area contributed by atoms with E-state index in [1.807, 2.05) is 0 Å². The number of esters is 3. The normalized spacial score (nSPS) is 22.5. The fourth-order valence-electron chi connectivity index (χ4n) is 10.6. The van der Waals surface area contributed by atoms with E-state index in [9.17, 15) is 14.4 Å². The number of rotatable bonds is 39. The fourth-order valence-corrected chi connectivity index (χ4v) is 10.6. The standard InChI is InChI=1S/C52H97NO8/c1-8-13-16-19-22-23-26-30-46(54)59-42-50(6)37-45-38-51(7,43-60-47(55)31-29-34-53(11-4)12-5)41-52(39-45,40-50)44-61-48(56)32-33-49(57-35-27-24-20-17-14-9-2)58-36-28-25-21-18-15-10-3/h45,49H,8-44H2,1-7H3. The molecule has 4 unspecified atom stereocenters. The number of unbranched alkanes of at least 4 members (excludes halogenated alkanes) is 16. The second kappa shape index (κ2) is 32.9. The summed E-state index contributed by atoms with van der Waals surface area (Å²) in [6.07, 6.45) is 29.0. The molecule has 2 aliphatic rings. The van der Waals surface area contributed by atoms with Crippen LogP contribution >= 0.6 is 0 Å². The Bertz CT molecular complexity index is 1130. The molecule has 0 saturated heterocycles. The number of carbonyl (C=O) groups is 3. The minimum absolute atomic E-state index is 0.101. The maximum Gasteiger partial charge on any atom is 0.305 e. The topological polar surface area (TPSA) is 101 Å². The summed E-state index contributed by atoms with van der Waals surface area (Å²) in [4.78, 5) is 41.8. The Morgan fingerprint density at radius 2 is 0.918 bits per heavy atom. The maximum absolute atomic E-state index is 13.6. The number of hydrogen-bond acceptors (Lipinski definition) is 9. The van der Waals surface area contributed by atoms with Crippen LogP contribution in [0.15, 0.2) is 0 Å². The number of hydrogen-bond donors (Lipinski definition) is 0. The molecule has 2 fully saturated rings. The minimum atomic E-state index is -0.408. The van der Waals surface area contributed by atoms with Crippen molar-refractivity contribution in [3.63, 3.8) is 0 Å². The third kappa shape index (κ3) is 25.4. The van der Waals surface area contributed by atoms with E-state index in [2.05, 4.69) is 53.4 Å². The quantitative estimate of drug-likeness (QED) is 0.0259. The third-order valence-electron chi connectivity index (χ3n) is 13.5. The highest BCUT2D eigenvalue weighted by Gasteiger charge is 2.55. The highest BCUT2D eigenvalue weighted by molar-refractivity contribution is 5.70. The molecule has 0 heterocycles. The molecule has 0 aromatic rings. The summed E-state index contributed by atoms with van der Waals surface area (Å²) < 4.78 is 30.7. The molecule has 2 aliphatic carbocycles. The molecular formula is C52H97NO8. The van der Waals surface area contributed by atoms with Gasteiger partial charge in [-0.05, 0) is 83.3 Å². The first kappa shape index (κ1) is 55.4. The number of ether oxygens (including phenoxy) is 5. The molecule has 2 bridgehead atoms. The largest absolute Gasteiger partial charge is 0.465 e. The Kier molecular flexibility index (Phi) is 29.9. The van der Waals surface area contributed by atoms with Crippen molar-refractivity contribution in [3.05, 3.63) is 0 Å². The van der Waals surface area contributed by atoms with Crippen LogP contribution in [0.3, 0.4) is 0 Å². The first-order chi connectivity index (χ1) is 29.4. The molecule has 2 saturated carbocycles. The van der Waals surface area contributed by atoms with Crippen LogP contribution in [0.1, 0.15) is 235 Å². The van der Waals surface area contributed by atoms with Crippen molar-refractivity contribution in [2.75, 3.05) is 52.7 Å². The van der Waals surface area contributed by atoms with Crippen LogP contribution < -0.4 is 0 Å². The lowest BCUT2D eigenvalue weighted by atomic mass is 9.49. The zero-order valence-electron chi connectivity index (χ0n) is 41.0. The zero-order chi connectivity index (χ0) is 44.7. The van der Waals surface area contributed by atoms with Crippen molar-refractivity contribution in [2.24, 2.45) is 22.2 Å². The van der Waals surface area contributed by atoms with Crippen LogP contribution in [-0.4, -0.2) is 81.8 Å². The summed E-state index contributed by atoms with van der Waals surface area (Å²) in [5.74, 6) is -0.0953. The van der Waals surface area contributed by atoms with Gasteiger partial charge in [0.25, 0.3) is 0 Å². The Labute approximate surface area is 375 Å². The average Bonchev–Trinajstić information content (AvgIpc) is 3.23. The average molecular weight is 864 g/mol. The van der Waals surface area contributed by atoms with Gasteiger partial charge in [0.05, 0.1) is 26.2 Å². The van der Waals surface area contributed by atoms with E-state index >= 15 is 0 Å². The van der Waals surface area contributed by atoms with Gasteiger partial charge in [0, 0.05) is 48.7 Å². The number of nitrogens with zero attached hydrogens (tertiary/aromatic N) is 1. The van der Waals surface area contributed by atoms with Crippen LogP contribution in [0, 0.1) is 22.2 Å². The molecule has 358 valence electrons. The van der Waals surface area contributed by atoms with Gasteiger partial charge in [0.15, 0.2) is 6.29 Å². The molecule has 0 aromatic heterocycles. The maximum atomic E-state index is 13.6. The second-order valence-electron chi connectivity index (χ2n) is 20.2. The molecule has 2 rings (SSSR count). The van der Waals surface area contributed by atoms with Gasteiger partial charge < -0.3 is 28.6 Å². The van der Waals surface area contributed by atoms with Gasteiger partial charge in [-0.2, -0.15) is 0 Å². The van der Waals surface area contributed by atoms with Crippen molar-refractivity contribution in [1.29, 1.82) is 0 Å². The van der Waals surface area contributed by atoms with Crippen molar-refractivity contribution < 1.29 is 38.1 Å². The Hall–Kier alpha value is -1.71. The van der Waals surface area contributed by atoms with Gasteiger partial charge >= 0.3 is 17.9 Å². The highest BCUT2D eigenvalue weighted by Crippen LogP contribution is 2.60. The SMILES string of the molecule is CCCCCCCCCC(=O)OCC1(C)CC2CC(C)(COC(=O)CCCN(CC)CC)CC(COC(=O)CCC(OCCCCCCCC)OCCCCCCCC)(C2)C1. The van der Waals surface area contributed by atoms with E-state index in [0.29, 0.717) is 58.2 Å². The van der Waals surface area contributed by atoms with Crippen LogP contribution in [0.4, 0.5) is 0 Å². The summed E-state index contributed by atoms with van der Waals surface area (Å²) >= 11 is 0. The van der Waals surface area contributed by atoms with E-state index in [1.165, 1.54) is 83.5 Å². The molecule has 0 N–H and O–H groups in total. The van der Waals surface area contributed by atoms with E-state index in [-0.39, 0.29) is 40.6 Å². The monoisotopic (exact) mass is 864 g/mol. The zero-order valence-corrected chi connectivity index (χ0v) is 41.0. The molecule has 4 atom stereocenters. The van der Waals surface area contributed by atoms with E-state index in [1.54, 1.807) is 0 Å². The molecule has 61 heavy (non-hydrogen) atoms. The molecule has 0 spiro atoms. The van der Waals surface area contributed by atoms with Gasteiger partial charge in [-0.3, -0.25) is 14.4 Å².